The van der Waals surface area contributed by atoms with Crippen molar-refractivity contribution in [2.75, 3.05) is 17.6 Å². The molecule has 0 saturated heterocycles. The minimum absolute atomic E-state index is 0.174. The summed E-state index contributed by atoms with van der Waals surface area (Å²) in [5.74, 6) is 0.587. The Morgan fingerprint density at radius 1 is 1.29 bits per heavy atom. The van der Waals surface area contributed by atoms with Gasteiger partial charge in [0.05, 0.1) is 22.4 Å². The number of rotatable bonds is 6. The predicted octanol–water partition coefficient (Wildman–Crippen LogP) is 2.83. The number of anilines is 1. The van der Waals surface area contributed by atoms with Gasteiger partial charge in [-0.2, -0.15) is 0 Å². The van der Waals surface area contributed by atoms with Gasteiger partial charge in [-0.05, 0) is 43.7 Å². The summed E-state index contributed by atoms with van der Waals surface area (Å²) >= 11 is 0. The fraction of sp³-hybridized carbons (Fsp3) is 0.625. The van der Waals surface area contributed by atoms with Gasteiger partial charge in [0.15, 0.2) is 9.84 Å². The van der Waals surface area contributed by atoms with Crippen molar-refractivity contribution < 1.29 is 13.5 Å². The summed E-state index contributed by atoms with van der Waals surface area (Å²) < 4.78 is 24.6. The van der Waals surface area contributed by atoms with Gasteiger partial charge in [-0.3, -0.25) is 0 Å². The molecule has 1 aliphatic rings. The third kappa shape index (κ3) is 4.45. The number of hydrogen-bond acceptors (Lipinski definition) is 4. The van der Waals surface area contributed by atoms with E-state index in [-0.39, 0.29) is 11.9 Å². The predicted molar refractivity (Wildman–Crippen MR) is 85.2 cm³/mol. The number of aliphatic hydroxyl groups is 1. The summed E-state index contributed by atoms with van der Waals surface area (Å²) in [6.45, 7) is 2.59. The molecule has 0 spiro atoms. The smallest absolute Gasteiger partial charge is 0.180 e. The molecule has 0 aliphatic heterocycles. The molecule has 0 radical (unpaired) electrons. The Balaban J connectivity index is 2.06. The summed E-state index contributed by atoms with van der Waals surface area (Å²) in [5.41, 5.74) is 0.686. The molecule has 0 bridgehead atoms. The quantitative estimate of drug-likeness (QED) is 0.848. The van der Waals surface area contributed by atoms with E-state index in [1.54, 1.807) is 12.1 Å². The van der Waals surface area contributed by atoms with E-state index in [0.29, 0.717) is 22.9 Å². The summed E-state index contributed by atoms with van der Waals surface area (Å²) in [4.78, 5) is 0.392. The minimum Gasteiger partial charge on any atom is -0.393 e. The van der Waals surface area contributed by atoms with Crippen LogP contribution in [0.1, 0.15) is 39.0 Å². The molecule has 2 unspecified atom stereocenters. The average molecular weight is 311 g/mol. The zero-order valence-electron chi connectivity index (χ0n) is 12.6. The first-order valence-electron chi connectivity index (χ1n) is 7.76. The maximum atomic E-state index is 12.3. The number of hydrogen-bond donors (Lipinski definition) is 2. The second-order valence-electron chi connectivity index (χ2n) is 5.88. The third-order valence-electron chi connectivity index (χ3n) is 4.03. The topological polar surface area (TPSA) is 66.4 Å². The summed E-state index contributed by atoms with van der Waals surface area (Å²) in [6.07, 6.45) is 4.24. The molecule has 5 heteroatoms. The lowest BCUT2D eigenvalue weighted by Crippen LogP contribution is -2.25. The van der Waals surface area contributed by atoms with E-state index < -0.39 is 9.84 Å². The van der Waals surface area contributed by atoms with Gasteiger partial charge in [-0.25, -0.2) is 8.42 Å². The van der Waals surface area contributed by atoms with E-state index in [4.69, 9.17) is 0 Å². The van der Waals surface area contributed by atoms with E-state index in [0.717, 1.165) is 32.2 Å². The molecule has 4 nitrogen and oxygen atoms in total. The van der Waals surface area contributed by atoms with Gasteiger partial charge in [0.2, 0.25) is 0 Å². The van der Waals surface area contributed by atoms with Crippen molar-refractivity contribution in [1.82, 2.24) is 0 Å². The summed E-state index contributed by atoms with van der Waals surface area (Å²) in [6, 6.07) is 7.10. The molecule has 0 aromatic heterocycles. The average Bonchev–Trinajstić information content (AvgIpc) is 2.45. The molecule has 2 atom stereocenters. The molecule has 118 valence electrons. The molecule has 1 aromatic rings. The molecule has 1 aliphatic carbocycles. The van der Waals surface area contributed by atoms with Gasteiger partial charge in [0.1, 0.15) is 0 Å². The summed E-state index contributed by atoms with van der Waals surface area (Å²) in [5, 5.41) is 13.0. The van der Waals surface area contributed by atoms with Crippen LogP contribution >= 0.6 is 0 Å². The first kappa shape index (κ1) is 16.3. The Kier molecular flexibility index (Phi) is 5.65. The number of sulfone groups is 1. The number of nitrogens with one attached hydrogen (secondary N) is 1. The Morgan fingerprint density at radius 2 is 2.05 bits per heavy atom. The van der Waals surface area contributed by atoms with E-state index in [1.807, 2.05) is 19.1 Å². The van der Waals surface area contributed by atoms with Crippen LogP contribution in [-0.2, 0) is 9.84 Å². The van der Waals surface area contributed by atoms with Crippen LogP contribution in [0, 0.1) is 5.92 Å². The van der Waals surface area contributed by atoms with E-state index in [1.165, 1.54) is 0 Å². The van der Waals surface area contributed by atoms with Crippen LogP contribution in [0.3, 0.4) is 0 Å². The zero-order chi connectivity index (χ0) is 15.3. The highest BCUT2D eigenvalue weighted by Gasteiger charge is 2.21. The lowest BCUT2D eigenvalue weighted by atomic mass is 9.87. The highest BCUT2D eigenvalue weighted by molar-refractivity contribution is 7.91. The van der Waals surface area contributed by atoms with E-state index in [9.17, 15) is 13.5 Å². The van der Waals surface area contributed by atoms with Crippen molar-refractivity contribution in [3.63, 3.8) is 0 Å². The molecule has 2 rings (SSSR count). The van der Waals surface area contributed by atoms with Crippen LogP contribution in [0.15, 0.2) is 29.2 Å². The monoisotopic (exact) mass is 311 g/mol. The fourth-order valence-corrected chi connectivity index (χ4v) is 4.48. The standard InChI is InChI=1S/C16H25NO3S/c1-2-10-21(19,20)16-9-4-3-8-15(16)17-12-13-6-5-7-14(18)11-13/h3-4,8-9,13-14,17-18H,2,5-7,10-12H2,1H3. The normalized spacial score (nSPS) is 23.0. The van der Waals surface area contributed by atoms with Crippen molar-refractivity contribution in [2.45, 2.75) is 50.0 Å². The number of benzene rings is 1. The molecular weight excluding hydrogens is 286 g/mol. The molecular formula is C16H25NO3S. The molecule has 1 fully saturated rings. The first-order valence-corrected chi connectivity index (χ1v) is 9.42. The molecule has 1 aromatic carbocycles. The van der Waals surface area contributed by atoms with Crippen LogP contribution < -0.4 is 5.32 Å². The van der Waals surface area contributed by atoms with Gasteiger partial charge >= 0.3 is 0 Å². The SMILES string of the molecule is CCCS(=O)(=O)c1ccccc1NCC1CCCC(O)C1. The van der Waals surface area contributed by atoms with Crippen LogP contribution in [0.5, 0.6) is 0 Å². The van der Waals surface area contributed by atoms with Crippen molar-refractivity contribution in [1.29, 1.82) is 0 Å². The maximum absolute atomic E-state index is 12.3. The van der Waals surface area contributed by atoms with Crippen LogP contribution in [-0.4, -0.2) is 31.9 Å². The Morgan fingerprint density at radius 3 is 2.76 bits per heavy atom. The zero-order valence-corrected chi connectivity index (χ0v) is 13.4. The Hall–Kier alpha value is -1.07. The molecule has 0 heterocycles. The van der Waals surface area contributed by atoms with Gasteiger partial charge in [0, 0.05) is 6.54 Å². The van der Waals surface area contributed by atoms with Gasteiger partial charge in [-0.1, -0.05) is 25.5 Å². The first-order chi connectivity index (χ1) is 10.0. The number of aliphatic hydroxyl groups excluding tert-OH is 1. The van der Waals surface area contributed by atoms with Crippen LogP contribution in [0.25, 0.3) is 0 Å². The van der Waals surface area contributed by atoms with Crippen molar-refractivity contribution in [3.05, 3.63) is 24.3 Å². The fourth-order valence-electron chi connectivity index (χ4n) is 2.96. The second kappa shape index (κ2) is 7.27. The number of para-hydroxylation sites is 1. The van der Waals surface area contributed by atoms with Crippen LogP contribution in [0.4, 0.5) is 5.69 Å². The molecule has 1 saturated carbocycles. The molecule has 0 amide bonds. The van der Waals surface area contributed by atoms with Crippen LogP contribution in [0.2, 0.25) is 0 Å². The second-order valence-corrected chi connectivity index (χ2v) is 7.96. The lowest BCUT2D eigenvalue weighted by Gasteiger charge is -2.26. The van der Waals surface area contributed by atoms with E-state index in [2.05, 4.69) is 5.32 Å². The van der Waals surface area contributed by atoms with E-state index >= 15 is 0 Å². The lowest BCUT2D eigenvalue weighted by molar-refractivity contribution is 0.104. The summed E-state index contributed by atoms with van der Waals surface area (Å²) in [7, 11) is -3.22. The Labute approximate surface area is 127 Å². The van der Waals surface area contributed by atoms with Crippen molar-refractivity contribution in [2.24, 2.45) is 5.92 Å². The third-order valence-corrected chi connectivity index (χ3v) is 6.00. The highest BCUT2D eigenvalue weighted by atomic mass is 32.2. The largest absolute Gasteiger partial charge is 0.393 e. The molecule has 2 N–H and O–H groups in total. The molecule has 21 heavy (non-hydrogen) atoms. The van der Waals surface area contributed by atoms with Gasteiger partial charge in [-0.15, -0.1) is 0 Å². The van der Waals surface area contributed by atoms with Gasteiger partial charge < -0.3 is 10.4 Å². The Bertz CT molecular complexity index is 556. The maximum Gasteiger partial charge on any atom is 0.180 e. The van der Waals surface area contributed by atoms with Crippen molar-refractivity contribution in [3.8, 4) is 0 Å². The minimum atomic E-state index is -3.22. The van der Waals surface area contributed by atoms with Crippen molar-refractivity contribution >= 4 is 15.5 Å². The van der Waals surface area contributed by atoms with Gasteiger partial charge in [0.25, 0.3) is 0 Å². The highest BCUT2D eigenvalue weighted by Crippen LogP contribution is 2.27.